The van der Waals surface area contributed by atoms with Crippen molar-refractivity contribution in [2.75, 3.05) is 25.4 Å². The molecule has 1 saturated heterocycles. The fraction of sp³-hybridized carbons (Fsp3) is 0.538. The third-order valence-electron chi connectivity index (χ3n) is 3.44. The van der Waals surface area contributed by atoms with Crippen LogP contribution in [0.3, 0.4) is 0 Å². The lowest BCUT2D eigenvalue weighted by molar-refractivity contribution is 0.418. The van der Waals surface area contributed by atoms with Crippen molar-refractivity contribution in [1.29, 1.82) is 0 Å². The van der Waals surface area contributed by atoms with Gasteiger partial charge in [-0.15, -0.1) is 0 Å². The number of rotatable bonds is 5. The Morgan fingerprint density at radius 3 is 2.75 bits per heavy atom. The van der Waals surface area contributed by atoms with Crippen LogP contribution in [0.5, 0.6) is 0 Å². The zero-order valence-electron chi connectivity index (χ0n) is 11.3. The quantitative estimate of drug-likeness (QED) is 0.900. The fourth-order valence-electron chi connectivity index (χ4n) is 2.31. The van der Waals surface area contributed by atoms with E-state index < -0.39 is 21.7 Å². The van der Waals surface area contributed by atoms with Gasteiger partial charge in [-0.1, -0.05) is 6.07 Å². The van der Waals surface area contributed by atoms with Gasteiger partial charge in [0.05, 0.1) is 5.75 Å². The number of sulfonamides is 1. The minimum absolute atomic E-state index is 0.204. The minimum Gasteiger partial charge on any atom is -0.309 e. The molecule has 1 fully saturated rings. The van der Waals surface area contributed by atoms with Gasteiger partial charge in [-0.3, -0.25) is 0 Å². The van der Waals surface area contributed by atoms with E-state index in [1.54, 1.807) is 6.92 Å². The van der Waals surface area contributed by atoms with Crippen LogP contribution in [-0.4, -0.2) is 38.1 Å². The second kappa shape index (κ2) is 6.15. The molecule has 20 heavy (non-hydrogen) atoms. The lowest BCUT2D eigenvalue weighted by Gasteiger charge is -2.18. The molecule has 1 aliphatic rings. The molecule has 0 aromatic heterocycles. The van der Waals surface area contributed by atoms with Gasteiger partial charge in [0.2, 0.25) is 10.0 Å². The predicted octanol–water partition coefficient (Wildman–Crippen LogP) is 1.65. The van der Waals surface area contributed by atoms with Crippen LogP contribution in [0, 0.1) is 11.6 Å². The van der Waals surface area contributed by atoms with Gasteiger partial charge in [-0.25, -0.2) is 21.5 Å². The molecule has 0 spiro atoms. The number of halogens is 2. The average Bonchev–Trinajstić information content (AvgIpc) is 2.68. The highest BCUT2D eigenvalue weighted by Gasteiger charge is 2.27. The zero-order chi connectivity index (χ0) is 14.8. The molecule has 1 atom stereocenters. The largest absolute Gasteiger partial charge is 0.309 e. The summed E-state index contributed by atoms with van der Waals surface area (Å²) in [5.74, 6) is -1.00. The van der Waals surface area contributed by atoms with Crippen LogP contribution in [0.4, 0.5) is 8.78 Å². The number of nitrogens with zero attached hydrogens (tertiary/aromatic N) is 1. The predicted molar refractivity (Wildman–Crippen MR) is 72.8 cm³/mol. The van der Waals surface area contributed by atoms with Crippen molar-refractivity contribution in [3.8, 4) is 0 Å². The van der Waals surface area contributed by atoms with E-state index >= 15 is 0 Å². The Labute approximate surface area is 117 Å². The van der Waals surface area contributed by atoms with Crippen LogP contribution < -0.4 is 5.32 Å². The molecule has 0 radical (unpaired) electrons. The maximum atomic E-state index is 13.6. The van der Waals surface area contributed by atoms with E-state index in [1.165, 1.54) is 16.4 Å². The smallest absolute Gasteiger partial charge is 0.214 e. The first-order valence-corrected chi connectivity index (χ1v) is 8.17. The Balaban J connectivity index is 1.88. The summed E-state index contributed by atoms with van der Waals surface area (Å²) >= 11 is 0. The van der Waals surface area contributed by atoms with Crippen LogP contribution in [0.15, 0.2) is 18.2 Å². The fourth-order valence-corrected chi connectivity index (χ4v) is 3.84. The number of hydrogen-bond acceptors (Lipinski definition) is 3. The molecule has 0 saturated carbocycles. The number of hydrogen-bond donors (Lipinski definition) is 1. The second-order valence-electron chi connectivity index (χ2n) is 4.91. The van der Waals surface area contributed by atoms with Gasteiger partial charge in [0, 0.05) is 37.3 Å². The third kappa shape index (κ3) is 3.53. The SMILES string of the molecule is C[C@H](NCCN1CCCS1(=O)=O)c1ccc(F)cc1F. The van der Waals surface area contributed by atoms with E-state index in [1.807, 2.05) is 0 Å². The molecule has 1 aromatic carbocycles. The monoisotopic (exact) mass is 304 g/mol. The molecule has 1 N–H and O–H groups in total. The molecular formula is C13H18F2N2O2S. The van der Waals surface area contributed by atoms with Crippen molar-refractivity contribution < 1.29 is 17.2 Å². The third-order valence-corrected chi connectivity index (χ3v) is 5.40. The summed E-state index contributed by atoms with van der Waals surface area (Å²) < 4.78 is 51.0. The molecule has 0 unspecified atom stereocenters. The van der Waals surface area contributed by atoms with Gasteiger partial charge in [-0.2, -0.15) is 0 Å². The minimum atomic E-state index is -3.09. The molecule has 112 valence electrons. The maximum absolute atomic E-state index is 13.6. The Kier molecular flexibility index (Phi) is 4.72. The Hall–Kier alpha value is -1.05. The summed E-state index contributed by atoms with van der Waals surface area (Å²) in [6, 6.07) is 3.15. The molecule has 0 aliphatic carbocycles. The van der Waals surface area contributed by atoms with Crippen LogP contribution in [0.1, 0.15) is 24.9 Å². The Morgan fingerprint density at radius 1 is 1.40 bits per heavy atom. The molecule has 0 bridgehead atoms. The number of nitrogens with one attached hydrogen (secondary N) is 1. The van der Waals surface area contributed by atoms with Crippen molar-refractivity contribution in [2.45, 2.75) is 19.4 Å². The molecule has 2 rings (SSSR count). The maximum Gasteiger partial charge on any atom is 0.214 e. The van der Waals surface area contributed by atoms with E-state index in [9.17, 15) is 17.2 Å². The van der Waals surface area contributed by atoms with E-state index in [2.05, 4.69) is 5.32 Å². The normalized spacial score (nSPS) is 20.1. The van der Waals surface area contributed by atoms with Crippen molar-refractivity contribution in [3.05, 3.63) is 35.4 Å². The standard InChI is InChI=1S/C13H18F2N2O2S/c1-10(12-4-3-11(14)9-13(12)15)16-5-7-17-6-2-8-20(17,18)19/h3-4,9-10,16H,2,5-8H2,1H3/t10-/m0/s1. The topological polar surface area (TPSA) is 49.4 Å². The molecule has 1 heterocycles. The van der Waals surface area contributed by atoms with E-state index in [0.29, 0.717) is 31.6 Å². The van der Waals surface area contributed by atoms with Crippen LogP contribution >= 0.6 is 0 Å². The van der Waals surface area contributed by atoms with Crippen LogP contribution in [0.25, 0.3) is 0 Å². The summed E-state index contributed by atoms with van der Waals surface area (Å²) in [5, 5.41) is 3.06. The highest BCUT2D eigenvalue weighted by Crippen LogP contribution is 2.18. The van der Waals surface area contributed by atoms with Gasteiger partial charge < -0.3 is 5.32 Å². The first-order chi connectivity index (χ1) is 9.40. The average molecular weight is 304 g/mol. The van der Waals surface area contributed by atoms with Crippen molar-refractivity contribution in [3.63, 3.8) is 0 Å². The highest BCUT2D eigenvalue weighted by atomic mass is 32.2. The van der Waals surface area contributed by atoms with Gasteiger partial charge in [0.25, 0.3) is 0 Å². The molecule has 7 heteroatoms. The van der Waals surface area contributed by atoms with E-state index in [-0.39, 0.29) is 11.8 Å². The van der Waals surface area contributed by atoms with Crippen molar-refractivity contribution in [2.24, 2.45) is 0 Å². The van der Waals surface area contributed by atoms with Crippen LogP contribution in [0.2, 0.25) is 0 Å². The number of benzene rings is 1. The van der Waals surface area contributed by atoms with Gasteiger partial charge in [0.15, 0.2) is 0 Å². The van der Waals surface area contributed by atoms with Crippen LogP contribution in [-0.2, 0) is 10.0 Å². The van der Waals surface area contributed by atoms with Gasteiger partial charge in [-0.05, 0) is 19.4 Å². The highest BCUT2D eigenvalue weighted by molar-refractivity contribution is 7.89. The first-order valence-electron chi connectivity index (χ1n) is 6.56. The molecule has 1 aliphatic heterocycles. The second-order valence-corrected chi connectivity index (χ2v) is 7.00. The molecular weight excluding hydrogens is 286 g/mol. The van der Waals surface area contributed by atoms with Crippen molar-refractivity contribution in [1.82, 2.24) is 9.62 Å². The zero-order valence-corrected chi connectivity index (χ0v) is 12.1. The summed E-state index contributed by atoms with van der Waals surface area (Å²) in [6.45, 7) is 3.10. The molecule has 0 amide bonds. The van der Waals surface area contributed by atoms with E-state index in [0.717, 1.165) is 6.07 Å². The summed E-state index contributed by atoms with van der Waals surface area (Å²) in [7, 11) is -3.09. The lowest BCUT2D eigenvalue weighted by Crippen LogP contribution is -2.34. The summed E-state index contributed by atoms with van der Waals surface area (Å²) in [5.41, 5.74) is 0.371. The molecule has 4 nitrogen and oxygen atoms in total. The van der Waals surface area contributed by atoms with Gasteiger partial charge >= 0.3 is 0 Å². The summed E-state index contributed by atoms with van der Waals surface area (Å²) in [6.07, 6.45) is 0.657. The molecule has 1 aromatic rings. The summed E-state index contributed by atoms with van der Waals surface area (Å²) in [4.78, 5) is 0. The lowest BCUT2D eigenvalue weighted by atomic mass is 10.1. The Bertz CT molecular complexity index is 578. The first kappa shape index (κ1) is 15.3. The Morgan fingerprint density at radius 2 is 2.15 bits per heavy atom. The van der Waals surface area contributed by atoms with E-state index in [4.69, 9.17) is 0 Å². The van der Waals surface area contributed by atoms with Gasteiger partial charge in [0.1, 0.15) is 11.6 Å². The van der Waals surface area contributed by atoms with Crippen molar-refractivity contribution >= 4 is 10.0 Å².